The van der Waals surface area contributed by atoms with Crippen LogP contribution in [0.15, 0.2) is 115 Å². The summed E-state index contributed by atoms with van der Waals surface area (Å²) in [5.74, 6) is -0.182. The fourth-order valence-electron chi connectivity index (χ4n) is 4.89. The second-order valence-electron chi connectivity index (χ2n) is 9.95. The summed E-state index contributed by atoms with van der Waals surface area (Å²) in [7, 11) is 0. The van der Waals surface area contributed by atoms with Crippen molar-refractivity contribution in [2.45, 2.75) is 31.8 Å². The van der Waals surface area contributed by atoms with Gasteiger partial charge in [-0.3, -0.25) is 14.7 Å². The summed E-state index contributed by atoms with van der Waals surface area (Å²) in [5, 5.41) is 5.64. The van der Waals surface area contributed by atoms with E-state index in [1.165, 1.54) is 34.6 Å². The van der Waals surface area contributed by atoms with E-state index in [-0.39, 0.29) is 17.6 Å². The van der Waals surface area contributed by atoms with Crippen molar-refractivity contribution in [3.63, 3.8) is 0 Å². The highest BCUT2D eigenvalue weighted by Crippen LogP contribution is 2.29. The molecular weight excluding hydrogens is 531 g/mol. The molecule has 7 heteroatoms. The van der Waals surface area contributed by atoms with Crippen molar-refractivity contribution in [2.24, 2.45) is 0 Å². The number of hydrogen-bond acceptors (Lipinski definition) is 5. The molecule has 0 radical (unpaired) electrons. The monoisotopic (exact) mass is 564 g/mol. The fraction of sp³-hybridized carbons (Fsp3) is 0.206. The van der Waals surface area contributed by atoms with Crippen LogP contribution < -0.4 is 5.32 Å². The minimum Gasteiger partial charge on any atom is -0.350 e. The molecule has 5 nitrogen and oxygen atoms in total. The number of amides is 1. The second kappa shape index (κ2) is 14.4. The third-order valence-corrected chi connectivity index (χ3v) is 7.83. The number of carbonyl (C=O) groups excluding carboxylic acids is 1. The molecule has 3 aromatic carbocycles. The first-order valence-corrected chi connectivity index (χ1v) is 14.7. The molecule has 1 amide bonds. The number of nitrogens with zero attached hydrogens (tertiary/aromatic N) is 3. The topological polar surface area (TPSA) is 58.1 Å². The first-order chi connectivity index (χ1) is 20.1. The van der Waals surface area contributed by atoms with Gasteiger partial charge in [-0.25, -0.2) is 9.37 Å². The number of hydrogen-bond donors (Lipinski definition) is 1. The molecule has 2 heterocycles. The van der Waals surface area contributed by atoms with Crippen LogP contribution in [0, 0.1) is 5.82 Å². The van der Waals surface area contributed by atoms with Gasteiger partial charge in [-0.05, 0) is 53.9 Å². The quantitative estimate of drug-likeness (QED) is 0.170. The summed E-state index contributed by atoms with van der Waals surface area (Å²) >= 11 is 1.49. The van der Waals surface area contributed by atoms with Crippen LogP contribution in [0.2, 0.25) is 0 Å². The van der Waals surface area contributed by atoms with E-state index < -0.39 is 0 Å². The van der Waals surface area contributed by atoms with Crippen LogP contribution in [0.4, 0.5) is 4.39 Å². The van der Waals surface area contributed by atoms with Crippen LogP contribution in [0.5, 0.6) is 0 Å². The number of thiazole rings is 1. The smallest absolute Gasteiger partial charge is 0.270 e. The summed E-state index contributed by atoms with van der Waals surface area (Å²) in [5.41, 5.74) is 4.96. The maximum atomic E-state index is 13.6. The molecule has 0 atom stereocenters. The molecule has 0 saturated carbocycles. The van der Waals surface area contributed by atoms with Crippen LogP contribution in [-0.2, 0) is 19.5 Å². The van der Waals surface area contributed by atoms with Gasteiger partial charge in [0.05, 0.1) is 6.54 Å². The zero-order valence-corrected chi connectivity index (χ0v) is 23.6. The first-order valence-electron chi connectivity index (χ1n) is 13.8. The van der Waals surface area contributed by atoms with Crippen LogP contribution >= 0.6 is 11.3 Å². The molecule has 0 aliphatic rings. The molecule has 5 aromatic rings. The number of aromatic nitrogens is 2. The summed E-state index contributed by atoms with van der Waals surface area (Å²) in [6, 6.07) is 33.6. The van der Waals surface area contributed by atoms with Gasteiger partial charge in [-0.15, -0.1) is 11.3 Å². The molecule has 0 fully saturated rings. The van der Waals surface area contributed by atoms with Crippen molar-refractivity contribution in [3.05, 3.63) is 154 Å². The average Bonchev–Trinajstić information content (AvgIpc) is 3.48. The summed E-state index contributed by atoms with van der Waals surface area (Å²) in [6.45, 7) is 2.55. The van der Waals surface area contributed by atoms with E-state index in [1.807, 2.05) is 47.8 Å². The summed E-state index contributed by atoms with van der Waals surface area (Å²) < 4.78 is 13.6. The van der Waals surface area contributed by atoms with Crippen molar-refractivity contribution in [1.82, 2.24) is 20.2 Å². The lowest BCUT2D eigenvalue weighted by Crippen LogP contribution is -2.27. The van der Waals surface area contributed by atoms with E-state index in [1.54, 1.807) is 6.20 Å². The highest BCUT2D eigenvalue weighted by molar-refractivity contribution is 7.09. The number of carbonyl (C=O) groups is 1. The van der Waals surface area contributed by atoms with Gasteiger partial charge in [-0.2, -0.15) is 0 Å². The minimum atomic E-state index is -0.243. The third-order valence-electron chi connectivity index (χ3n) is 6.99. The molecular formula is C34H33FN4OS. The number of rotatable bonds is 13. The van der Waals surface area contributed by atoms with Gasteiger partial charge in [0, 0.05) is 42.7 Å². The minimum absolute atomic E-state index is 0.179. The molecule has 5 rings (SSSR count). The SMILES string of the molecule is O=C(NCCc1ccccn1)c1csc(CN(CCC(c2ccccc2)c2ccccc2)Cc2ccc(F)cc2)n1. The third kappa shape index (κ3) is 8.39. The largest absolute Gasteiger partial charge is 0.350 e. The van der Waals surface area contributed by atoms with Crippen molar-refractivity contribution >= 4 is 17.2 Å². The highest BCUT2D eigenvalue weighted by Gasteiger charge is 2.18. The first kappa shape index (κ1) is 28.3. The molecule has 0 aliphatic heterocycles. The second-order valence-corrected chi connectivity index (χ2v) is 10.9. The fourth-order valence-corrected chi connectivity index (χ4v) is 5.71. The van der Waals surface area contributed by atoms with E-state index in [4.69, 9.17) is 0 Å². The molecule has 0 spiro atoms. The number of pyridine rings is 1. The molecule has 2 aromatic heterocycles. The predicted octanol–water partition coefficient (Wildman–Crippen LogP) is 6.87. The number of nitrogens with one attached hydrogen (secondary N) is 1. The van der Waals surface area contributed by atoms with Gasteiger partial charge in [-0.1, -0.05) is 78.9 Å². The van der Waals surface area contributed by atoms with E-state index in [9.17, 15) is 9.18 Å². The van der Waals surface area contributed by atoms with Gasteiger partial charge in [0.25, 0.3) is 5.91 Å². The predicted molar refractivity (Wildman–Crippen MR) is 162 cm³/mol. The van der Waals surface area contributed by atoms with Gasteiger partial charge < -0.3 is 5.32 Å². The lowest BCUT2D eigenvalue weighted by atomic mass is 9.88. The molecule has 0 saturated heterocycles. The molecule has 0 bridgehead atoms. The standard InChI is InChI=1S/C34H33FN4OS/c35-29-16-14-26(15-17-29)23-39(22-19-31(27-9-3-1-4-10-27)28-11-5-2-6-12-28)24-33-38-32(25-41-33)34(40)37-21-18-30-13-7-8-20-36-30/h1-17,20,25,31H,18-19,21-24H2,(H,37,40). The van der Waals surface area contributed by atoms with E-state index >= 15 is 0 Å². The van der Waals surface area contributed by atoms with Crippen LogP contribution in [-0.4, -0.2) is 33.9 Å². The summed E-state index contributed by atoms with van der Waals surface area (Å²) in [4.78, 5) is 24.0. The Bertz CT molecular complexity index is 1460. The van der Waals surface area contributed by atoms with Crippen molar-refractivity contribution in [3.8, 4) is 0 Å². The van der Waals surface area contributed by atoms with Crippen LogP contribution in [0.1, 0.15) is 50.2 Å². The Hall–Kier alpha value is -4.20. The Morgan fingerprint density at radius 2 is 1.54 bits per heavy atom. The maximum Gasteiger partial charge on any atom is 0.270 e. The lowest BCUT2D eigenvalue weighted by Gasteiger charge is -2.25. The molecule has 0 unspecified atom stereocenters. The Kier molecular flexibility index (Phi) is 9.98. The zero-order valence-electron chi connectivity index (χ0n) is 22.8. The van der Waals surface area contributed by atoms with Crippen molar-refractivity contribution in [1.29, 1.82) is 0 Å². The van der Waals surface area contributed by atoms with Gasteiger partial charge >= 0.3 is 0 Å². The Morgan fingerprint density at radius 1 is 0.854 bits per heavy atom. The molecule has 0 aliphatic carbocycles. The lowest BCUT2D eigenvalue weighted by molar-refractivity contribution is 0.0949. The number of benzene rings is 3. The van der Waals surface area contributed by atoms with Gasteiger partial charge in [0.2, 0.25) is 0 Å². The van der Waals surface area contributed by atoms with Crippen molar-refractivity contribution in [2.75, 3.05) is 13.1 Å². The van der Waals surface area contributed by atoms with Crippen LogP contribution in [0.25, 0.3) is 0 Å². The number of halogens is 1. The maximum absolute atomic E-state index is 13.6. The molecule has 41 heavy (non-hydrogen) atoms. The Morgan fingerprint density at radius 3 is 2.20 bits per heavy atom. The normalized spacial score (nSPS) is 11.2. The van der Waals surface area contributed by atoms with Crippen LogP contribution in [0.3, 0.4) is 0 Å². The van der Waals surface area contributed by atoms with Crippen molar-refractivity contribution < 1.29 is 9.18 Å². The van der Waals surface area contributed by atoms with E-state index in [0.717, 1.165) is 29.2 Å². The molecule has 1 N–H and O–H groups in total. The van der Waals surface area contributed by atoms with Gasteiger partial charge in [0.1, 0.15) is 16.5 Å². The average molecular weight is 565 g/mol. The van der Waals surface area contributed by atoms with E-state index in [2.05, 4.69) is 68.7 Å². The zero-order chi connectivity index (χ0) is 28.3. The van der Waals surface area contributed by atoms with E-state index in [0.29, 0.717) is 31.7 Å². The Labute approximate surface area is 244 Å². The highest BCUT2D eigenvalue weighted by atomic mass is 32.1. The van der Waals surface area contributed by atoms with Gasteiger partial charge in [0.15, 0.2) is 0 Å². The summed E-state index contributed by atoms with van der Waals surface area (Å²) in [6.07, 6.45) is 3.32. The molecule has 208 valence electrons. The Balaban J connectivity index is 1.27.